The number of carboxylic acids is 1. The van der Waals surface area contributed by atoms with Crippen LogP contribution >= 0.6 is 0 Å². The van der Waals surface area contributed by atoms with E-state index in [1.165, 1.54) is 29.2 Å². The van der Waals surface area contributed by atoms with Gasteiger partial charge in [-0.2, -0.15) is 0 Å². The number of urea groups is 1. The van der Waals surface area contributed by atoms with E-state index < -0.39 is 30.3 Å². The van der Waals surface area contributed by atoms with Crippen LogP contribution in [0.25, 0.3) is 0 Å². The van der Waals surface area contributed by atoms with Gasteiger partial charge in [0.1, 0.15) is 5.75 Å². The van der Waals surface area contributed by atoms with E-state index in [0.717, 1.165) is 0 Å². The highest BCUT2D eigenvalue weighted by molar-refractivity contribution is 5.77. The number of carboxylic acid groups (broad SMARTS) is 1. The van der Waals surface area contributed by atoms with Crippen LogP contribution in [0.3, 0.4) is 0 Å². The predicted molar refractivity (Wildman–Crippen MR) is 77.4 cm³/mol. The lowest BCUT2D eigenvalue weighted by Crippen LogP contribution is -2.40. The van der Waals surface area contributed by atoms with E-state index in [2.05, 4.69) is 10.1 Å². The Kier molecular flexibility index (Phi) is 5.20. The van der Waals surface area contributed by atoms with Crippen LogP contribution in [0.15, 0.2) is 24.3 Å². The number of nitrogens with zero attached hydrogens (tertiary/aromatic N) is 1. The Morgan fingerprint density at radius 2 is 1.96 bits per heavy atom. The number of amides is 2. The molecule has 9 heteroatoms. The van der Waals surface area contributed by atoms with Crippen molar-refractivity contribution in [2.75, 3.05) is 13.1 Å². The third kappa shape index (κ3) is 4.77. The molecule has 2 rings (SSSR count). The number of alkyl halides is 3. The molecule has 2 atom stereocenters. The van der Waals surface area contributed by atoms with Gasteiger partial charge in [0.05, 0.1) is 12.0 Å². The molecule has 0 saturated carbocycles. The number of hydrogen-bond donors (Lipinski definition) is 2. The summed E-state index contributed by atoms with van der Waals surface area (Å²) in [5.74, 6) is -1.84. The molecule has 0 spiro atoms. The molecule has 1 aliphatic rings. The van der Waals surface area contributed by atoms with Crippen molar-refractivity contribution < 1.29 is 32.6 Å². The lowest BCUT2D eigenvalue weighted by Gasteiger charge is -2.21. The maximum absolute atomic E-state index is 12.1. The molecule has 6 nitrogen and oxygen atoms in total. The highest BCUT2D eigenvalue weighted by Gasteiger charge is 2.32. The van der Waals surface area contributed by atoms with Crippen molar-refractivity contribution in [1.29, 1.82) is 0 Å². The summed E-state index contributed by atoms with van der Waals surface area (Å²) >= 11 is 0. The van der Waals surface area contributed by atoms with Gasteiger partial charge in [-0.15, -0.1) is 13.2 Å². The highest BCUT2D eigenvalue weighted by Crippen LogP contribution is 2.24. The van der Waals surface area contributed by atoms with E-state index in [1.54, 1.807) is 6.92 Å². The molecule has 1 aromatic rings. The zero-order valence-corrected chi connectivity index (χ0v) is 12.8. The normalized spacial score (nSPS) is 19.0. The molecule has 2 amide bonds. The summed E-state index contributed by atoms with van der Waals surface area (Å²) in [6.45, 7) is 2.18. The molecule has 1 saturated heterocycles. The van der Waals surface area contributed by atoms with Crippen molar-refractivity contribution in [1.82, 2.24) is 10.2 Å². The molecule has 1 aromatic carbocycles. The second-order valence-corrected chi connectivity index (χ2v) is 5.56. The Bertz CT molecular complexity index is 604. The molecule has 0 aromatic heterocycles. The third-order valence-corrected chi connectivity index (χ3v) is 3.78. The Morgan fingerprint density at radius 1 is 1.33 bits per heavy atom. The summed E-state index contributed by atoms with van der Waals surface area (Å²) in [4.78, 5) is 24.4. The highest BCUT2D eigenvalue weighted by atomic mass is 19.4. The van der Waals surface area contributed by atoms with E-state index in [1.807, 2.05) is 0 Å². The SMILES string of the molecule is C[C@H](NC(=O)N1CCC(C(=O)O)C1)c1ccc(OC(F)(F)F)cc1. The van der Waals surface area contributed by atoms with E-state index in [9.17, 15) is 22.8 Å². The molecule has 2 N–H and O–H groups in total. The average Bonchev–Trinajstić information content (AvgIpc) is 2.96. The van der Waals surface area contributed by atoms with Crippen LogP contribution in [0.5, 0.6) is 5.75 Å². The van der Waals surface area contributed by atoms with E-state index >= 15 is 0 Å². The maximum atomic E-state index is 12.1. The van der Waals surface area contributed by atoms with Crippen molar-refractivity contribution in [3.8, 4) is 5.75 Å². The second-order valence-electron chi connectivity index (χ2n) is 5.56. The average molecular weight is 346 g/mol. The molecule has 24 heavy (non-hydrogen) atoms. The van der Waals surface area contributed by atoms with Crippen LogP contribution in [0.4, 0.5) is 18.0 Å². The Balaban J connectivity index is 1.91. The van der Waals surface area contributed by atoms with Crippen LogP contribution in [0, 0.1) is 5.92 Å². The fourth-order valence-corrected chi connectivity index (χ4v) is 2.46. The summed E-state index contributed by atoms with van der Waals surface area (Å²) < 4.78 is 40.1. The lowest BCUT2D eigenvalue weighted by molar-refractivity contribution is -0.274. The van der Waals surface area contributed by atoms with Crippen molar-refractivity contribution in [3.63, 3.8) is 0 Å². The van der Waals surface area contributed by atoms with Gasteiger partial charge in [0.15, 0.2) is 0 Å². The smallest absolute Gasteiger partial charge is 0.481 e. The number of rotatable bonds is 4. The van der Waals surface area contributed by atoms with Crippen molar-refractivity contribution in [2.45, 2.75) is 25.7 Å². The van der Waals surface area contributed by atoms with Gasteiger partial charge in [0.2, 0.25) is 0 Å². The Morgan fingerprint density at radius 3 is 2.46 bits per heavy atom. The van der Waals surface area contributed by atoms with Crippen LogP contribution in [0.1, 0.15) is 24.9 Å². The van der Waals surface area contributed by atoms with Gasteiger partial charge in [0.25, 0.3) is 0 Å². The number of nitrogens with one attached hydrogen (secondary N) is 1. The van der Waals surface area contributed by atoms with Crippen LogP contribution < -0.4 is 10.1 Å². The van der Waals surface area contributed by atoms with Crippen LogP contribution in [-0.4, -0.2) is 41.5 Å². The Labute approximate surface area is 136 Å². The van der Waals surface area contributed by atoms with Gasteiger partial charge in [0, 0.05) is 13.1 Å². The molecule has 1 heterocycles. The second kappa shape index (κ2) is 6.98. The minimum Gasteiger partial charge on any atom is -0.481 e. The third-order valence-electron chi connectivity index (χ3n) is 3.78. The zero-order chi connectivity index (χ0) is 17.9. The largest absolute Gasteiger partial charge is 0.573 e. The van der Waals surface area contributed by atoms with Crippen molar-refractivity contribution in [3.05, 3.63) is 29.8 Å². The fraction of sp³-hybridized carbons (Fsp3) is 0.467. The minimum absolute atomic E-state index is 0.145. The standard InChI is InChI=1S/C15H17F3N2O4/c1-9(10-2-4-12(5-3-10)24-15(16,17)18)19-14(23)20-7-6-11(8-20)13(21)22/h2-5,9,11H,6-8H2,1H3,(H,19,23)(H,21,22)/t9-,11?/m0/s1. The molecule has 0 radical (unpaired) electrons. The maximum Gasteiger partial charge on any atom is 0.573 e. The van der Waals surface area contributed by atoms with Gasteiger partial charge in [-0.05, 0) is 31.0 Å². The van der Waals surface area contributed by atoms with Gasteiger partial charge in [-0.3, -0.25) is 4.79 Å². The fourth-order valence-electron chi connectivity index (χ4n) is 2.46. The molecule has 0 bridgehead atoms. The first kappa shape index (κ1) is 17.9. The summed E-state index contributed by atoms with van der Waals surface area (Å²) in [7, 11) is 0. The summed E-state index contributed by atoms with van der Waals surface area (Å²) in [5, 5.41) is 11.6. The topological polar surface area (TPSA) is 78.9 Å². The molecular formula is C15H17F3N2O4. The van der Waals surface area contributed by atoms with Gasteiger partial charge in [-0.1, -0.05) is 12.1 Å². The lowest BCUT2D eigenvalue weighted by atomic mass is 10.1. The first-order valence-corrected chi connectivity index (χ1v) is 7.29. The van der Waals surface area contributed by atoms with Crippen molar-refractivity contribution >= 4 is 12.0 Å². The number of aliphatic carboxylic acids is 1. The van der Waals surface area contributed by atoms with Gasteiger partial charge in [-0.25, -0.2) is 4.79 Å². The first-order chi connectivity index (χ1) is 11.2. The molecule has 132 valence electrons. The van der Waals surface area contributed by atoms with Crippen LogP contribution in [-0.2, 0) is 4.79 Å². The minimum atomic E-state index is -4.75. The molecule has 1 fully saturated rings. The number of carbonyl (C=O) groups is 2. The summed E-state index contributed by atoms with van der Waals surface area (Å²) in [6.07, 6.45) is -4.35. The number of carbonyl (C=O) groups excluding carboxylic acids is 1. The predicted octanol–water partition coefficient (Wildman–Crippen LogP) is 2.76. The quantitative estimate of drug-likeness (QED) is 0.879. The van der Waals surface area contributed by atoms with Gasteiger partial charge >= 0.3 is 18.4 Å². The zero-order valence-electron chi connectivity index (χ0n) is 12.8. The van der Waals surface area contributed by atoms with Crippen molar-refractivity contribution in [2.24, 2.45) is 5.92 Å². The number of ether oxygens (including phenoxy) is 1. The van der Waals surface area contributed by atoms with E-state index in [0.29, 0.717) is 18.5 Å². The van der Waals surface area contributed by atoms with Crippen LogP contribution in [0.2, 0.25) is 0 Å². The Hall–Kier alpha value is -2.45. The number of likely N-dealkylation sites (tertiary alicyclic amines) is 1. The monoisotopic (exact) mass is 346 g/mol. The van der Waals surface area contributed by atoms with E-state index in [4.69, 9.17) is 5.11 Å². The number of benzene rings is 1. The van der Waals surface area contributed by atoms with Gasteiger partial charge < -0.3 is 20.1 Å². The summed E-state index contributed by atoms with van der Waals surface area (Å²) in [6, 6.07) is 4.35. The number of halogens is 3. The first-order valence-electron chi connectivity index (χ1n) is 7.29. The molecular weight excluding hydrogens is 329 g/mol. The molecule has 0 aliphatic carbocycles. The molecule has 1 unspecified atom stereocenters. The van der Waals surface area contributed by atoms with E-state index in [-0.39, 0.29) is 12.3 Å². The number of hydrogen-bond acceptors (Lipinski definition) is 3. The molecule has 1 aliphatic heterocycles. The summed E-state index contributed by atoms with van der Waals surface area (Å²) in [5.41, 5.74) is 0.604.